The molecule has 0 aliphatic heterocycles. The summed E-state index contributed by atoms with van der Waals surface area (Å²) in [5, 5.41) is 0. The van der Waals surface area contributed by atoms with Crippen molar-refractivity contribution in [3.63, 3.8) is 0 Å². The molecule has 0 aromatic carbocycles. The van der Waals surface area contributed by atoms with Gasteiger partial charge in [-0.1, -0.05) is 38.8 Å². The Morgan fingerprint density at radius 2 is 2.00 bits per heavy atom. The van der Waals surface area contributed by atoms with Crippen LogP contribution in [-0.4, -0.2) is 0 Å². The second kappa shape index (κ2) is 6.85. The predicted octanol–water partition coefficient (Wildman–Crippen LogP) is 3.78. The Balaban J connectivity index is 3.39. The van der Waals surface area contributed by atoms with Crippen molar-refractivity contribution in [3.8, 4) is 0 Å². The summed E-state index contributed by atoms with van der Waals surface area (Å²) >= 11 is 0. The Hall–Kier alpha value is -0.260. The molecule has 1 unspecified atom stereocenters. The van der Waals surface area contributed by atoms with Crippen LogP contribution in [0.25, 0.3) is 0 Å². The molecule has 0 N–H and O–H groups in total. The van der Waals surface area contributed by atoms with Crippen molar-refractivity contribution in [1.29, 1.82) is 0 Å². The molecule has 0 aliphatic carbocycles. The van der Waals surface area contributed by atoms with E-state index in [-0.39, 0.29) is 0 Å². The molecule has 0 nitrogen and oxygen atoms in total. The lowest BCUT2D eigenvalue weighted by Crippen LogP contribution is -1.92. The molecule has 0 aliphatic rings. The minimum Gasteiger partial charge on any atom is -0.0914 e. The first-order valence-corrected chi connectivity index (χ1v) is 4.47. The molecule has 0 radical (unpaired) electrons. The highest BCUT2D eigenvalue weighted by molar-refractivity contribution is 4.84. The maximum absolute atomic E-state index is 2.33. The van der Waals surface area contributed by atoms with E-state index in [1.54, 1.807) is 0 Å². The summed E-state index contributed by atoms with van der Waals surface area (Å²) in [5.41, 5.74) is 0. The van der Waals surface area contributed by atoms with Crippen molar-refractivity contribution in [1.82, 2.24) is 0 Å². The van der Waals surface area contributed by atoms with Crippen LogP contribution in [0.2, 0.25) is 0 Å². The van der Waals surface area contributed by atoms with E-state index in [0.29, 0.717) is 0 Å². The van der Waals surface area contributed by atoms with E-state index in [1.165, 1.54) is 25.7 Å². The van der Waals surface area contributed by atoms with E-state index in [4.69, 9.17) is 0 Å². The van der Waals surface area contributed by atoms with Crippen molar-refractivity contribution in [2.75, 3.05) is 0 Å². The summed E-state index contributed by atoms with van der Waals surface area (Å²) < 4.78 is 0. The molecule has 0 bridgehead atoms. The van der Waals surface area contributed by atoms with Gasteiger partial charge in [0, 0.05) is 0 Å². The highest BCUT2D eigenvalue weighted by Gasteiger charge is 1.98. The van der Waals surface area contributed by atoms with Gasteiger partial charge in [-0.15, -0.1) is 0 Å². The second-order valence-electron chi connectivity index (χ2n) is 2.84. The lowest BCUT2D eigenvalue weighted by Gasteiger charge is -2.07. The topological polar surface area (TPSA) is 0 Å². The number of unbranched alkanes of at least 4 members (excludes halogenated alkanes) is 1. The Labute approximate surface area is 65.3 Å². The van der Waals surface area contributed by atoms with Crippen LogP contribution in [-0.2, 0) is 0 Å². The van der Waals surface area contributed by atoms with Gasteiger partial charge in [-0.3, -0.25) is 0 Å². The lowest BCUT2D eigenvalue weighted by molar-refractivity contribution is 0.540. The first-order valence-electron chi connectivity index (χ1n) is 4.47. The molecule has 0 saturated heterocycles. The van der Waals surface area contributed by atoms with Gasteiger partial charge in [0.25, 0.3) is 0 Å². The van der Waals surface area contributed by atoms with Gasteiger partial charge >= 0.3 is 0 Å². The molecule has 0 fully saturated rings. The van der Waals surface area contributed by atoms with E-state index in [2.05, 4.69) is 32.9 Å². The standard InChI is InChI=1S/C10H20/c1-4-7-9-10(6-3)8-5-2/h5,8,10H,4,6-7,9H2,1-3H3/b8-5-. The summed E-state index contributed by atoms with van der Waals surface area (Å²) in [4.78, 5) is 0. The Morgan fingerprint density at radius 1 is 1.30 bits per heavy atom. The van der Waals surface area contributed by atoms with Crippen LogP contribution in [0, 0.1) is 5.92 Å². The largest absolute Gasteiger partial charge is 0.0914 e. The van der Waals surface area contributed by atoms with E-state index >= 15 is 0 Å². The molecule has 0 heterocycles. The van der Waals surface area contributed by atoms with Crippen LogP contribution >= 0.6 is 0 Å². The Morgan fingerprint density at radius 3 is 2.40 bits per heavy atom. The summed E-state index contributed by atoms with van der Waals surface area (Å²) in [7, 11) is 0. The van der Waals surface area contributed by atoms with Gasteiger partial charge in [-0.2, -0.15) is 0 Å². The van der Waals surface area contributed by atoms with E-state index in [1.807, 2.05) is 0 Å². The molecule has 0 heteroatoms. The molecule has 0 saturated carbocycles. The average Bonchev–Trinajstić information content (AvgIpc) is 1.98. The molecule has 10 heavy (non-hydrogen) atoms. The van der Waals surface area contributed by atoms with E-state index < -0.39 is 0 Å². The van der Waals surface area contributed by atoms with Gasteiger partial charge in [0.1, 0.15) is 0 Å². The van der Waals surface area contributed by atoms with Gasteiger partial charge < -0.3 is 0 Å². The summed E-state index contributed by atoms with van der Waals surface area (Å²) in [5.74, 6) is 0.838. The zero-order valence-electron chi connectivity index (χ0n) is 7.56. The minimum absolute atomic E-state index is 0.838. The molecule has 60 valence electrons. The van der Waals surface area contributed by atoms with Gasteiger partial charge in [0.2, 0.25) is 0 Å². The second-order valence-corrected chi connectivity index (χ2v) is 2.84. The number of hydrogen-bond acceptors (Lipinski definition) is 0. The number of rotatable bonds is 5. The summed E-state index contributed by atoms with van der Waals surface area (Å²) in [6.07, 6.45) is 9.87. The van der Waals surface area contributed by atoms with Crippen molar-refractivity contribution in [2.24, 2.45) is 5.92 Å². The van der Waals surface area contributed by atoms with Crippen molar-refractivity contribution in [2.45, 2.75) is 46.5 Å². The molecule has 0 aromatic rings. The quantitative estimate of drug-likeness (QED) is 0.510. The highest BCUT2D eigenvalue weighted by atomic mass is 14.0. The van der Waals surface area contributed by atoms with E-state index in [0.717, 1.165) is 5.92 Å². The SMILES string of the molecule is C/C=C\C(CC)CCCC. The van der Waals surface area contributed by atoms with E-state index in [9.17, 15) is 0 Å². The lowest BCUT2D eigenvalue weighted by atomic mass is 9.99. The number of allylic oxidation sites excluding steroid dienone is 2. The van der Waals surface area contributed by atoms with Crippen LogP contribution in [0.5, 0.6) is 0 Å². The maximum Gasteiger partial charge on any atom is -0.0236 e. The average molecular weight is 140 g/mol. The first-order chi connectivity index (χ1) is 4.85. The molecule has 0 aromatic heterocycles. The summed E-state index contributed by atoms with van der Waals surface area (Å²) in [6, 6.07) is 0. The smallest absolute Gasteiger partial charge is 0.0236 e. The van der Waals surface area contributed by atoms with Gasteiger partial charge in [-0.25, -0.2) is 0 Å². The monoisotopic (exact) mass is 140 g/mol. The van der Waals surface area contributed by atoms with Crippen LogP contribution in [0.1, 0.15) is 46.5 Å². The van der Waals surface area contributed by atoms with Gasteiger partial charge in [0.05, 0.1) is 0 Å². The van der Waals surface area contributed by atoms with Crippen molar-refractivity contribution < 1.29 is 0 Å². The van der Waals surface area contributed by atoms with Crippen molar-refractivity contribution >= 4 is 0 Å². The number of hydrogen-bond donors (Lipinski definition) is 0. The Kier molecular flexibility index (Phi) is 6.68. The molecular weight excluding hydrogens is 120 g/mol. The normalized spacial score (nSPS) is 14.3. The van der Waals surface area contributed by atoms with Crippen molar-refractivity contribution in [3.05, 3.63) is 12.2 Å². The molecule has 0 rings (SSSR count). The molecule has 0 spiro atoms. The van der Waals surface area contributed by atoms with Crippen LogP contribution < -0.4 is 0 Å². The Bertz CT molecular complexity index is 82.0. The maximum atomic E-state index is 2.33. The zero-order chi connectivity index (χ0) is 7.82. The van der Waals surface area contributed by atoms with Crippen LogP contribution in [0.3, 0.4) is 0 Å². The fourth-order valence-electron chi connectivity index (χ4n) is 1.17. The molecular formula is C10H20. The van der Waals surface area contributed by atoms with Crippen LogP contribution in [0.4, 0.5) is 0 Å². The minimum atomic E-state index is 0.838. The predicted molar refractivity (Wildman–Crippen MR) is 48.1 cm³/mol. The highest BCUT2D eigenvalue weighted by Crippen LogP contribution is 2.13. The third kappa shape index (κ3) is 4.60. The fraction of sp³-hybridized carbons (Fsp3) is 0.800. The van der Waals surface area contributed by atoms with Crippen LogP contribution in [0.15, 0.2) is 12.2 Å². The summed E-state index contributed by atoms with van der Waals surface area (Å²) in [6.45, 7) is 6.62. The molecule has 1 atom stereocenters. The van der Waals surface area contributed by atoms with Gasteiger partial charge in [0.15, 0.2) is 0 Å². The third-order valence-electron chi connectivity index (χ3n) is 1.92. The zero-order valence-corrected chi connectivity index (χ0v) is 7.56. The van der Waals surface area contributed by atoms with Gasteiger partial charge in [-0.05, 0) is 25.7 Å². The first kappa shape index (κ1) is 9.74. The fourth-order valence-corrected chi connectivity index (χ4v) is 1.17. The third-order valence-corrected chi connectivity index (χ3v) is 1.92. The molecule has 0 amide bonds.